The SMILES string of the molecule is CC(C)Cc1ccccc1C(C)(C)C(C)C. The maximum absolute atomic E-state index is 2.36. The first kappa shape index (κ1) is 13.3. The molecular formula is C16H26. The molecule has 0 spiro atoms. The van der Waals surface area contributed by atoms with Crippen molar-refractivity contribution in [3.63, 3.8) is 0 Å². The minimum Gasteiger partial charge on any atom is -0.0625 e. The van der Waals surface area contributed by atoms with Crippen molar-refractivity contribution in [3.8, 4) is 0 Å². The molecule has 0 nitrogen and oxygen atoms in total. The number of rotatable bonds is 4. The first-order valence-electron chi connectivity index (χ1n) is 6.44. The summed E-state index contributed by atoms with van der Waals surface area (Å²) in [6.45, 7) is 13.9. The Morgan fingerprint density at radius 2 is 1.56 bits per heavy atom. The van der Waals surface area contributed by atoms with E-state index in [4.69, 9.17) is 0 Å². The highest BCUT2D eigenvalue weighted by Gasteiger charge is 2.26. The molecule has 0 saturated carbocycles. The fourth-order valence-corrected chi connectivity index (χ4v) is 2.08. The molecular weight excluding hydrogens is 192 g/mol. The summed E-state index contributed by atoms with van der Waals surface area (Å²) in [4.78, 5) is 0. The summed E-state index contributed by atoms with van der Waals surface area (Å²) in [5.41, 5.74) is 3.32. The molecule has 90 valence electrons. The topological polar surface area (TPSA) is 0 Å². The first-order valence-corrected chi connectivity index (χ1v) is 6.44. The molecule has 1 aromatic carbocycles. The normalized spacial score (nSPS) is 12.5. The zero-order valence-electron chi connectivity index (χ0n) is 11.7. The van der Waals surface area contributed by atoms with Crippen LogP contribution in [0.15, 0.2) is 24.3 Å². The third-order valence-electron chi connectivity index (χ3n) is 3.78. The van der Waals surface area contributed by atoms with Crippen molar-refractivity contribution in [2.24, 2.45) is 11.8 Å². The van der Waals surface area contributed by atoms with Crippen LogP contribution in [-0.4, -0.2) is 0 Å². The first-order chi connectivity index (χ1) is 7.35. The molecule has 0 heteroatoms. The molecule has 0 aliphatic carbocycles. The van der Waals surface area contributed by atoms with Gasteiger partial charge in [0.25, 0.3) is 0 Å². The highest BCUT2D eigenvalue weighted by Crippen LogP contribution is 2.34. The van der Waals surface area contributed by atoms with Crippen LogP contribution >= 0.6 is 0 Å². The van der Waals surface area contributed by atoms with Gasteiger partial charge >= 0.3 is 0 Å². The van der Waals surface area contributed by atoms with Crippen LogP contribution in [0, 0.1) is 11.8 Å². The fraction of sp³-hybridized carbons (Fsp3) is 0.625. The van der Waals surface area contributed by atoms with E-state index in [2.05, 4.69) is 65.8 Å². The molecule has 0 amide bonds. The van der Waals surface area contributed by atoms with Crippen molar-refractivity contribution in [2.75, 3.05) is 0 Å². The van der Waals surface area contributed by atoms with E-state index < -0.39 is 0 Å². The lowest BCUT2D eigenvalue weighted by Gasteiger charge is -2.32. The third kappa shape index (κ3) is 2.87. The molecule has 0 N–H and O–H groups in total. The van der Waals surface area contributed by atoms with Gasteiger partial charge in [0, 0.05) is 0 Å². The molecule has 0 heterocycles. The van der Waals surface area contributed by atoms with E-state index in [9.17, 15) is 0 Å². The standard InChI is InChI=1S/C16H26/c1-12(2)11-14-9-7-8-10-15(14)16(5,6)13(3)4/h7-10,12-13H,11H2,1-6H3. The second-order valence-corrected chi connectivity index (χ2v) is 6.13. The van der Waals surface area contributed by atoms with Crippen molar-refractivity contribution >= 4 is 0 Å². The second-order valence-electron chi connectivity index (χ2n) is 6.13. The Morgan fingerprint density at radius 1 is 1.00 bits per heavy atom. The monoisotopic (exact) mass is 218 g/mol. The minimum absolute atomic E-state index is 0.269. The summed E-state index contributed by atoms with van der Waals surface area (Å²) in [5.74, 6) is 1.39. The molecule has 0 aromatic heterocycles. The van der Waals surface area contributed by atoms with Crippen LogP contribution in [0.25, 0.3) is 0 Å². The van der Waals surface area contributed by atoms with Crippen molar-refractivity contribution in [1.29, 1.82) is 0 Å². The largest absolute Gasteiger partial charge is 0.0625 e. The summed E-state index contributed by atoms with van der Waals surface area (Å²) in [7, 11) is 0. The van der Waals surface area contributed by atoms with E-state index in [0.717, 1.165) is 5.92 Å². The molecule has 0 aliphatic rings. The van der Waals surface area contributed by atoms with Gasteiger partial charge in [-0.1, -0.05) is 65.8 Å². The van der Waals surface area contributed by atoms with Crippen LogP contribution in [0.4, 0.5) is 0 Å². The van der Waals surface area contributed by atoms with E-state index in [1.165, 1.54) is 17.5 Å². The second kappa shape index (κ2) is 5.03. The molecule has 1 aromatic rings. The van der Waals surface area contributed by atoms with E-state index in [1.807, 2.05) is 0 Å². The van der Waals surface area contributed by atoms with Gasteiger partial charge in [0.05, 0.1) is 0 Å². The zero-order chi connectivity index (χ0) is 12.3. The van der Waals surface area contributed by atoms with Gasteiger partial charge in [-0.2, -0.15) is 0 Å². The van der Waals surface area contributed by atoms with Crippen LogP contribution in [0.1, 0.15) is 52.7 Å². The van der Waals surface area contributed by atoms with Crippen molar-refractivity contribution in [2.45, 2.75) is 53.4 Å². The maximum Gasteiger partial charge on any atom is -0.00778 e. The molecule has 16 heavy (non-hydrogen) atoms. The van der Waals surface area contributed by atoms with E-state index in [-0.39, 0.29) is 5.41 Å². The summed E-state index contributed by atoms with van der Waals surface area (Å²) in [5, 5.41) is 0. The van der Waals surface area contributed by atoms with Gasteiger partial charge in [0.1, 0.15) is 0 Å². The quantitative estimate of drug-likeness (QED) is 0.679. The van der Waals surface area contributed by atoms with Crippen molar-refractivity contribution < 1.29 is 0 Å². The number of benzene rings is 1. The molecule has 0 bridgehead atoms. The van der Waals surface area contributed by atoms with Gasteiger partial charge in [-0.15, -0.1) is 0 Å². The summed E-state index contributed by atoms with van der Waals surface area (Å²) < 4.78 is 0. The Labute approximate surface area is 101 Å². The van der Waals surface area contributed by atoms with Gasteiger partial charge in [-0.25, -0.2) is 0 Å². The van der Waals surface area contributed by atoms with Crippen molar-refractivity contribution in [1.82, 2.24) is 0 Å². The van der Waals surface area contributed by atoms with Crippen LogP contribution < -0.4 is 0 Å². The number of hydrogen-bond donors (Lipinski definition) is 0. The third-order valence-corrected chi connectivity index (χ3v) is 3.78. The van der Waals surface area contributed by atoms with Crippen LogP contribution in [0.2, 0.25) is 0 Å². The predicted molar refractivity (Wildman–Crippen MR) is 72.8 cm³/mol. The van der Waals surface area contributed by atoms with Crippen LogP contribution in [-0.2, 0) is 11.8 Å². The molecule has 0 saturated heterocycles. The molecule has 0 aliphatic heterocycles. The Balaban J connectivity index is 3.12. The average molecular weight is 218 g/mol. The van der Waals surface area contributed by atoms with Crippen LogP contribution in [0.3, 0.4) is 0 Å². The van der Waals surface area contributed by atoms with Gasteiger partial charge < -0.3 is 0 Å². The predicted octanol–water partition coefficient (Wildman–Crippen LogP) is 4.82. The summed E-state index contributed by atoms with van der Waals surface area (Å²) in [6.07, 6.45) is 1.19. The van der Waals surface area contributed by atoms with Gasteiger partial charge in [-0.3, -0.25) is 0 Å². The molecule has 0 unspecified atom stereocenters. The zero-order valence-corrected chi connectivity index (χ0v) is 11.7. The Morgan fingerprint density at radius 3 is 2.06 bits per heavy atom. The maximum atomic E-state index is 2.36. The van der Waals surface area contributed by atoms with Gasteiger partial charge in [-0.05, 0) is 34.8 Å². The average Bonchev–Trinajstić information content (AvgIpc) is 2.17. The Kier molecular flexibility index (Phi) is 4.18. The molecule has 1 rings (SSSR count). The van der Waals surface area contributed by atoms with E-state index in [0.29, 0.717) is 5.92 Å². The Hall–Kier alpha value is -0.780. The highest BCUT2D eigenvalue weighted by molar-refractivity contribution is 5.34. The molecule has 0 fully saturated rings. The smallest absolute Gasteiger partial charge is 0.00778 e. The fourth-order valence-electron chi connectivity index (χ4n) is 2.08. The lowest BCUT2D eigenvalue weighted by atomic mass is 9.72. The summed E-state index contributed by atoms with van der Waals surface area (Å²) >= 11 is 0. The highest BCUT2D eigenvalue weighted by atomic mass is 14.3. The molecule has 0 atom stereocenters. The molecule has 0 radical (unpaired) electrons. The van der Waals surface area contributed by atoms with Crippen LogP contribution in [0.5, 0.6) is 0 Å². The minimum atomic E-state index is 0.269. The number of hydrogen-bond acceptors (Lipinski definition) is 0. The van der Waals surface area contributed by atoms with E-state index >= 15 is 0 Å². The lowest BCUT2D eigenvalue weighted by Crippen LogP contribution is -2.26. The summed E-state index contributed by atoms with van der Waals surface area (Å²) in [6, 6.07) is 8.93. The Bertz CT molecular complexity index is 332. The van der Waals surface area contributed by atoms with Gasteiger partial charge in [0.2, 0.25) is 0 Å². The van der Waals surface area contributed by atoms with Gasteiger partial charge in [0.15, 0.2) is 0 Å². The van der Waals surface area contributed by atoms with E-state index in [1.54, 1.807) is 0 Å². The lowest BCUT2D eigenvalue weighted by molar-refractivity contribution is 0.368. The van der Waals surface area contributed by atoms with Crippen molar-refractivity contribution in [3.05, 3.63) is 35.4 Å².